The molecule has 3 aromatic rings. The van der Waals surface area contributed by atoms with E-state index in [0.717, 1.165) is 11.4 Å². The smallest absolute Gasteiger partial charge is 0.291 e. The molecule has 3 N–H and O–H groups in total. The van der Waals surface area contributed by atoms with Crippen LogP contribution in [0.5, 0.6) is 0 Å². The number of halogens is 1. The van der Waals surface area contributed by atoms with Gasteiger partial charge in [0.1, 0.15) is 5.15 Å². The van der Waals surface area contributed by atoms with Gasteiger partial charge in [0.25, 0.3) is 5.91 Å². The number of benzene rings is 1. The Balaban J connectivity index is 1.56. The second kappa shape index (κ2) is 7.78. The van der Waals surface area contributed by atoms with Crippen molar-refractivity contribution in [2.75, 3.05) is 16.0 Å². The quantitative estimate of drug-likeness (QED) is 0.465. The summed E-state index contributed by atoms with van der Waals surface area (Å²) in [5.74, 6) is -0.0534. The second-order valence-corrected chi connectivity index (χ2v) is 5.75. The minimum atomic E-state index is -0.307. The predicted octanol–water partition coefficient (Wildman–Crippen LogP) is 4.39. The average Bonchev–Trinajstić information content (AvgIpc) is 3.13. The summed E-state index contributed by atoms with van der Waals surface area (Å²) in [7, 11) is 0. The molecule has 0 fully saturated rings. The maximum atomic E-state index is 11.9. The summed E-state index contributed by atoms with van der Waals surface area (Å²) < 4.78 is 5.04. The molecule has 1 amide bonds. The van der Waals surface area contributed by atoms with Gasteiger partial charge in [-0.2, -0.15) is 0 Å². The molecular weight excluding hydrogens is 360 g/mol. The maximum Gasteiger partial charge on any atom is 0.291 e. The molecule has 3 rings (SSSR count). The number of carbonyl (C=O) groups excluding carboxylic acids is 1. The zero-order chi connectivity index (χ0) is 17.6. The normalized spacial score (nSPS) is 10.1. The summed E-state index contributed by atoms with van der Waals surface area (Å²) in [6.45, 7) is 0. The molecule has 2 aromatic heterocycles. The molecule has 1 aromatic carbocycles. The minimum absolute atomic E-state index is 0.254. The van der Waals surface area contributed by atoms with Crippen molar-refractivity contribution in [3.63, 3.8) is 0 Å². The van der Waals surface area contributed by atoms with Gasteiger partial charge < -0.3 is 20.4 Å². The van der Waals surface area contributed by atoms with Gasteiger partial charge in [0.15, 0.2) is 10.9 Å². The van der Waals surface area contributed by atoms with E-state index in [-0.39, 0.29) is 11.7 Å². The number of furan rings is 1. The summed E-state index contributed by atoms with van der Waals surface area (Å²) >= 11 is 11.0. The zero-order valence-corrected chi connectivity index (χ0v) is 14.4. The molecule has 0 saturated carbocycles. The van der Waals surface area contributed by atoms with Gasteiger partial charge in [-0.15, -0.1) is 0 Å². The highest BCUT2D eigenvalue weighted by atomic mass is 35.5. The number of nitrogens with zero attached hydrogens (tertiary/aromatic N) is 1. The van der Waals surface area contributed by atoms with Crippen molar-refractivity contribution in [2.45, 2.75) is 0 Å². The molecule has 8 heteroatoms. The Hall–Kier alpha value is -2.90. The van der Waals surface area contributed by atoms with Gasteiger partial charge in [-0.05, 0) is 60.7 Å². The highest BCUT2D eigenvalue weighted by molar-refractivity contribution is 7.80. The summed E-state index contributed by atoms with van der Waals surface area (Å²) in [4.78, 5) is 15.9. The van der Waals surface area contributed by atoms with Crippen molar-refractivity contribution in [1.29, 1.82) is 0 Å². The van der Waals surface area contributed by atoms with Crippen molar-refractivity contribution in [2.24, 2.45) is 0 Å². The van der Waals surface area contributed by atoms with Crippen LogP contribution >= 0.6 is 23.8 Å². The van der Waals surface area contributed by atoms with Crippen molar-refractivity contribution < 1.29 is 9.21 Å². The highest BCUT2D eigenvalue weighted by Gasteiger charge is 2.08. The van der Waals surface area contributed by atoms with E-state index in [4.69, 9.17) is 28.2 Å². The van der Waals surface area contributed by atoms with Gasteiger partial charge in [-0.1, -0.05) is 11.6 Å². The van der Waals surface area contributed by atoms with Crippen LogP contribution in [0.25, 0.3) is 0 Å². The molecule has 0 aliphatic rings. The molecule has 126 valence electrons. The summed E-state index contributed by atoms with van der Waals surface area (Å²) in [5, 5.41) is 9.61. The molecule has 0 radical (unpaired) electrons. The lowest BCUT2D eigenvalue weighted by Gasteiger charge is -2.11. The number of aromatic nitrogens is 1. The number of anilines is 3. The third-order valence-electron chi connectivity index (χ3n) is 3.13. The Kier molecular flexibility index (Phi) is 5.27. The Morgan fingerprint density at radius 3 is 2.20 bits per heavy atom. The van der Waals surface area contributed by atoms with Crippen LogP contribution in [0.15, 0.2) is 65.4 Å². The molecule has 2 heterocycles. The Morgan fingerprint density at radius 2 is 1.60 bits per heavy atom. The van der Waals surface area contributed by atoms with E-state index in [1.165, 1.54) is 6.26 Å². The van der Waals surface area contributed by atoms with Crippen molar-refractivity contribution >= 4 is 51.9 Å². The second-order valence-electron chi connectivity index (χ2n) is 4.96. The fraction of sp³-hybridized carbons (Fsp3) is 0. The Morgan fingerprint density at radius 1 is 0.960 bits per heavy atom. The number of hydrogen-bond donors (Lipinski definition) is 3. The van der Waals surface area contributed by atoms with Gasteiger partial charge in [-0.25, -0.2) is 4.98 Å². The number of carbonyl (C=O) groups is 1. The third-order valence-corrected chi connectivity index (χ3v) is 3.56. The van der Waals surface area contributed by atoms with Crippen molar-refractivity contribution in [3.05, 3.63) is 71.9 Å². The molecule has 0 saturated heterocycles. The molecule has 0 atom stereocenters. The number of rotatable bonds is 4. The van der Waals surface area contributed by atoms with Crippen molar-refractivity contribution in [3.8, 4) is 0 Å². The number of pyridine rings is 1. The molecule has 6 nitrogen and oxygen atoms in total. The number of thiocarbonyl (C=S) groups is 1. The molecule has 0 unspecified atom stereocenters. The third kappa shape index (κ3) is 4.79. The molecule has 0 bridgehead atoms. The van der Waals surface area contributed by atoms with E-state index in [2.05, 4.69) is 20.9 Å². The lowest BCUT2D eigenvalue weighted by atomic mass is 10.2. The summed E-state index contributed by atoms with van der Waals surface area (Å²) in [6, 6.07) is 13.8. The van der Waals surface area contributed by atoms with Gasteiger partial charge in [-0.3, -0.25) is 4.79 Å². The van der Waals surface area contributed by atoms with Crippen LogP contribution < -0.4 is 16.0 Å². The lowest BCUT2D eigenvalue weighted by molar-refractivity contribution is 0.0996. The van der Waals surface area contributed by atoms with Crippen LogP contribution in [0.1, 0.15) is 10.6 Å². The number of hydrogen-bond acceptors (Lipinski definition) is 4. The van der Waals surface area contributed by atoms with Gasteiger partial charge >= 0.3 is 0 Å². The monoisotopic (exact) mass is 372 g/mol. The number of nitrogens with one attached hydrogen (secondary N) is 3. The number of amides is 1. The van der Waals surface area contributed by atoms with Crippen LogP contribution in [0.3, 0.4) is 0 Å². The summed E-state index contributed by atoms with van der Waals surface area (Å²) in [5.41, 5.74) is 2.15. The van der Waals surface area contributed by atoms with E-state index >= 15 is 0 Å². The molecular formula is C17H13ClN4O2S. The Labute approximate surface area is 154 Å². The van der Waals surface area contributed by atoms with Crippen LogP contribution in [0.4, 0.5) is 17.1 Å². The van der Waals surface area contributed by atoms with Crippen LogP contribution in [0, 0.1) is 0 Å². The average molecular weight is 373 g/mol. The SMILES string of the molecule is O=C(Nc1ccc(NC(=S)Nc2ccc(Cl)nc2)cc1)c1ccco1. The molecule has 0 spiro atoms. The fourth-order valence-corrected chi connectivity index (χ4v) is 2.33. The molecule has 0 aliphatic heterocycles. The largest absolute Gasteiger partial charge is 0.459 e. The lowest BCUT2D eigenvalue weighted by Crippen LogP contribution is -2.19. The first-order chi connectivity index (χ1) is 12.1. The summed E-state index contributed by atoms with van der Waals surface area (Å²) in [6.07, 6.45) is 3.04. The first-order valence-corrected chi connectivity index (χ1v) is 8.03. The standard InChI is InChI=1S/C17H13ClN4O2S/c18-15-8-7-13(10-19-15)22-17(25)21-12-5-3-11(4-6-12)20-16(23)14-2-1-9-24-14/h1-10H,(H,20,23)(H2,21,22,25). The van der Waals surface area contributed by atoms with Gasteiger partial charge in [0, 0.05) is 11.4 Å². The topological polar surface area (TPSA) is 79.2 Å². The van der Waals surface area contributed by atoms with Gasteiger partial charge in [0.2, 0.25) is 0 Å². The van der Waals surface area contributed by atoms with Crippen LogP contribution in [-0.2, 0) is 0 Å². The van der Waals surface area contributed by atoms with E-state index in [9.17, 15) is 4.79 Å². The van der Waals surface area contributed by atoms with Crippen molar-refractivity contribution in [1.82, 2.24) is 4.98 Å². The van der Waals surface area contributed by atoms with E-state index in [0.29, 0.717) is 16.0 Å². The Bertz CT molecular complexity index is 865. The molecule has 25 heavy (non-hydrogen) atoms. The van der Waals surface area contributed by atoms with Crippen LogP contribution in [0.2, 0.25) is 5.15 Å². The van der Waals surface area contributed by atoms with E-state index in [1.807, 2.05) is 0 Å². The van der Waals surface area contributed by atoms with Crippen LogP contribution in [-0.4, -0.2) is 16.0 Å². The predicted molar refractivity (Wildman–Crippen MR) is 102 cm³/mol. The highest BCUT2D eigenvalue weighted by Crippen LogP contribution is 2.16. The van der Waals surface area contributed by atoms with Gasteiger partial charge in [0.05, 0.1) is 18.1 Å². The minimum Gasteiger partial charge on any atom is -0.459 e. The van der Waals surface area contributed by atoms with E-state index in [1.54, 1.807) is 54.7 Å². The fourth-order valence-electron chi connectivity index (χ4n) is 1.98. The maximum absolute atomic E-state index is 11.9. The molecule has 0 aliphatic carbocycles. The zero-order valence-electron chi connectivity index (χ0n) is 12.8. The van der Waals surface area contributed by atoms with E-state index < -0.39 is 0 Å². The first kappa shape index (κ1) is 16.9. The first-order valence-electron chi connectivity index (χ1n) is 7.24.